The number of carbonyl (C=O) groups excluding carboxylic acids is 1. The van der Waals surface area contributed by atoms with Gasteiger partial charge in [-0.15, -0.1) is 0 Å². The summed E-state index contributed by atoms with van der Waals surface area (Å²) in [6.07, 6.45) is 2.68. The number of hydrogen-bond donors (Lipinski definition) is 2. The lowest BCUT2D eigenvalue weighted by Crippen LogP contribution is -2.27. The van der Waals surface area contributed by atoms with Gasteiger partial charge in [-0.3, -0.25) is 4.79 Å². The maximum atomic E-state index is 12.9. The molecule has 1 aliphatic carbocycles. The Morgan fingerprint density at radius 1 is 1.25 bits per heavy atom. The molecule has 2 aromatic rings. The van der Waals surface area contributed by atoms with Crippen LogP contribution in [0, 0.1) is 5.92 Å². The van der Waals surface area contributed by atoms with Gasteiger partial charge < -0.3 is 15.0 Å². The molecule has 7 nitrogen and oxygen atoms in total. The number of carbonyl (C=O) groups is 2. The highest BCUT2D eigenvalue weighted by molar-refractivity contribution is 5.93. The van der Waals surface area contributed by atoms with Crippen molar-refractivity contribution in [3.05, 3.63) is 42.1 Å². The summed E-state index contributed by atoms with van der Waals surface area (Å²) in [5.74, 6) is -1.30. The van der Waals surface area contributed by atoms with E-state index in [0.29, 0.717) is 6.42 Å². The van der Waals surface area contributed by atoms with E-state index in [9.17, 15) is 22.8 Å². The van der Waals surface area contributed by atoms with Gasteiger partial charge in [-0.2, -0.15) is 13.2 Å². The molecule has 0 radical (unpaired) electrons. The Morgan fingerprint density at radius 3 is 2.50 bits per heavy atom. The number of carboxylic acid groups (broad SMARTS) is 1. The summed E-state index contributed by atoms with van der Waals surface area (Å²) in [7, 11) is 0. The zero-order valence-corrected chi connectivity index (χ0v) is 14.8. The molecule has 0 aromatic carbocycles. The van der Waals surface area contributed by atoms with Crippen molar-refractivity contribution in [1.29, 1.82) is 0 Å². The topological polar surface area (TPSA) is 97.1 Å². The molecular formula is C18H19F3N4O3. The number of aromatic nitrogens is 3. The van der Waals surface area contributed by atoms with Crippen LogP contribution in [-0.4, -0.2) is 31.5 Å². The lowest BCUT2D eigenvalue weighted by molar-refractivity contribution is -0.141. The number of pyridine rings is 1. The van der Waals surface area contributed by atoms with Crippen molar-refractivity contribution in [3.8, 4) is 0 Å². The predicted molar refractivity (Wildman–Crippen MR) is 92.7 cm³/mol. The summed E-state index contributed by atoms with van der Waals surface area (Å²) < 4.78 is 39.8. The number of rotatable bonds is 6. The van der Waals surface area contributed by atoms with E-state index in [4.69, 9.17) is 5.11 Å². The Kier molecular flexibility index (Phi) is 5.66. The molecule has 2 N–H and O–H groups in total. The standard InChI is InChI=1S/C18H19F3N4O3/c19-18(20,21)14-9-25(10-23-14)13(7-11-3-1-2-4-11)16(26)24-15-6-5-12(8-22-15)17(27)28/h5-6,8-11,13H,1-4,7H2,(H,27,28)(H,22,24,26)/t13-/m1/s1. The van der Waals surface area contributed by atoms with Gasteiger partial charge in [0.2, 0.25) is 5.91 Å². The van der Waals surface area contributed by atoms with Crippen molar-refractivity contribution < 1.29 is 27.9 Å². The van der Waals surface area contributed by atoms with Crippen LogP contribution >= 0.6 is 0 Å². The summed E-state index contributed by atoms with van der Waals surface area (Å²) >= 11 is 0. The van der Waals surface area contributed by atoms with Gasteiger partial charge >= 0.3 is 12.1 Å². The SMILES string of the molecule is O=C(O)c1ccc(NC(=O)[C@@H](CC2CCCC2)n2cnc(C(F)(F)F)c2)nc1. The average molecular weight is 396 g/mol. The zero-order valence-electron chi connectivity index (χ0n) is 14.8. The normalized spacial score (nSPS) is 16.1. The van der Waals surface area contributed by atoms with E-state index >= 15 is 0 Å². The summed E-state index contributed by atoms with van der Waals surface area (Å²) in [5, 5.41) is 11.4. The number of carboxylic acids is 1. The highest BCUT2D eigenvalue weighted by Gasteiger charge is 2.35. The van der Waals surface area contributed by atoms with Gasteiger partial charge in [-0.1, -0.05) is 25.7 Å². The Morgan fingerprint density at radius 2 is 1.96 bits per heavy atom. The molecule has 1 fully saturated rings. The molecule has 2 heterocycles. The Bertz CT molecular complexity index is 843. The van der Waals surface area contributed by atoms with E-state index in [-0.39, 0.29) is 17.3 Å². The van der Waals surface area contributed by atoms with E-state index in [2.05, 4.69) is 15.3 Å². The van der Waals surface area contributed by atoms with Crippen LogP contribution in [-0.2, 0) is 11.0 Å². The summed E-state index contributed by atoms with van der Waals surface area (Å²) in [4.78, 5) is 30.9. The van der Waals surface area contributed by atoms with Crippen molar-refractivity contribution in [2.24, 2.45) is 5.92 Å². The largest absolute Gasteiger partial charge is 0.478 e. The third-order valence-electron chi connectivity index (χ3n) is 4.85. The van der Waals surface area contributed by atoms with E-state index in [1.165, 1.54) is 16.7 Å². The molecule has 0 saturated heterocycles. The molecule has 3 rings (SSSR count). The Balaban J connectivity index is 1.80. The third-order valence-corrected chi connectivity index (χ3v) is 4.85. The minimum Gasteiger partial charge on any atom is -0.478 e. The van der Waals surface area contributed by atoms with Crippen LogP contribution in [0.1, 0.15) is 54.2 Å². The fourth-order valence-corrected chi connectivity index (χ4v) is 3.38. The second-order valence-electron chi connectivity index (χ2n) is 6.83. The minimum atomic E-state index is -4.59. The van der Waals surface area contributed by atoms with Gasteiger partial charge in [0.05, 0.1) is 11.9 Å². The first-order valence-electron chi connectivity index (χ1n) is 8.85. The predicted octanol–water partition coefficient (Wildman–Crippen LogP) is 3.76. The lowest BCUT2D eigenvalue weighted by Gasteiger charge is -2.21. The molecule has 1 saturated carbocycles. The molecule has 2 aromatic heterocycles. The van der Waals surface area contributed by atoms with E-state index < -0.39 is 29.8 Å². The van der Waals surface area contributed by atoms with Gasteiger partial charge in [0, 0.05) is 12.4 Å². The molecule has 0 aliphatic heterocycles. The fourth-order valence-electron chi connectivity index (χ4n) is 3.38. The molecule has 0 bridgehead atoms. The third kappa shape index (κ3) is 4.68. The van der Waals surface area contributed by atoms with Crippen molar-refractivity contribution >= 4 is 17.7 Å². The number of halogens is 3. The lowest BCUT2D eigenvalue weighted by atomic mass is 9.97. The molecule has 1 atom stereocenters. The first kappa shape index (κ1) is 19.8. The summed E-state index contributed by atoms with van der Waals surface area (Å²) in [6.45, 7) is 0. The second-order valence-corrected chi connectivity index (χ2v) is 6.83. The van der Waals surface area contributed by atoms with E-state index in [1.54, 1.807) is 0 Å². The molecule has 1 amide bonds. The van der Waals surface area contributed by atoms with Gasteiger partial charge in [-0.25, -0.2) is 14.8 Å². The monoisotopic (exact) mass is 396 g/mol. The van der Waals surface area contributed by atoms with E-state index in [1.807, 2.05) is 0 Å². The number of nitrogens with one attached hydrogen (secondary N) is 1. The number of anilines is 1. The quantitative estimate of drug-likeness (QED) is 0.775. The number of imidazole rings is 1. The molecule has 0 spiro atoms. The first-order chi connectivity index (χ1) is 13.2. The highest BCUT2D eigenvalue weighted by Crippen LogP contribution is 2.34. The van der Waals surface area contributed by atoms with Crippen LogP contribution in [0.15, 0.2) is 30.9 Å². The van der Waals surface area contributed by atoms with Crippen LogP contribution in [0.25, 0.3) is 0 Å². The van der Waals surface area contributed by atoms with Crippen molar-refractivity contribution in [2.45, 2.75) is 44.3 Å². The number of amides is 1. The molecule has 1 aliphatic rings. The van der Waals surface area contributed by atoms with Crippen LogP contribution in [0.5, 0.6) is 0 Å². The highest BCUT2D eigenvalue weighted by atomic mass is 19.4. The van der Waals surface area contributed by atoms with Crippen molar-refractivity contribution in [1.82, 2.24) is 14.5 Å². The maximum Gasteiger partial charge on any atom is 0.434 e. The fraction of sp³-hybridized carbons (Fsp3) is 0.444. The number of alkyl halides is 3. The van der Waals surface area contributed by atoms with Crippen molar-refractivity contribution in [2.75, 3.05) is 5.32 Å². The molecule has 10 heteroatoms. The molecular weight excluding hydrogens is 377 g/mol. The first-order valence-corrected chi connectivity index (χ1v) is 8.85. The van der Waals surface area contributed by atoms with Gasteiger partial charge in [0.25, 0.3) is 0 Å². The van der Waals surface area contributed by atoms with Crippen LogP contribution < -0.4 is 5.32 Å². The number of hydrogen-bond acceptors (Lipinski definition) is 4. The van der Waals surface area contributed by atoms with Gasteiger partial charge in [-0.05, 0) is 24.5 Å². The van der Waals surface area contributed by atoms with Gasteiger partial charge in [0.1, 0.15) is 11.9 Å². The molecule has 0 unspecified atom stereocenters. The smallest absolute Gasteiger partial charge is 0.434 e. The molecule has 28 heavy (non-hydrogen) atoms. The Hall–Kier alpha value is -2.91. The Labute approximate surface area is 158 Å². The second kappa shape index (κ2) is 7.99. The summed E-state index contributed by atoms with van der Waals surface area (Å²) in [6, 6.07) is 1.76. The number of aromatic carboxylic acids is 1. The zero-order chi connectivity index (χ0) is 20.3. The van der Waals surface area contributed by atoms with E-state index in [0.717, 1.165) is 44.4 Å². The number of nitrogens with zero attached hydrogens (tertiary/aromatic N) is 3. The minimum absolute atomic E-state index is 0.0371. The van der Waals surface area contributed by atoms with Crippen molar-refractivity contribution in [3.63, 3.8) is 0 Å². The van der Waals surface area contributed by atoms with Gasteiger partial charge in [0.15, 0.2) is 5.69 Å². The van der Waals surface area contributed by atoms with Crippen LogP contribution in [0.2, 0.25) is 0 Å². The average Bonchev–Trinajstić information content (AvgIpc) is 3.31. The van der Waals surface area contributed by atoms with Crippen LogP contribution in [0.3, 0.4) is 0 Å². The molecule has 150 valence electrons. The maximum absolute atomic E-state index is 12.9. The summed E-state index contributed by atoms with van der Waals surface area (Å²) in [5.41, 5.74) is -1.09. The van der Waals surface area contributed by atoms with Crippen LogP contribution in [0.4, 0.5) is 19.0 Å².